The zero-order valence-electron chi connectivity index (χ0n) is 15.0. The number of aliphatic imine (C=N–C) groups is 1. The Labute approximate surface area is 185 Å². The van der Waals surface area contributed by atoms with Crippen molar-refractivity contribution < 1.29 is 0 Å². The van der Waals surface area contributed by atoms with Crippen LogP contribution in [0.3, 0.4) is 0 Å². The molecule has 9 heteroatoms. The highest BCUT2D eigenvalue weighted by atomic mass is 127. The fraction of sp³-hybridized carbons (Fsp3) is 0.222. The average molecular weight is 519 g/mol. The first-order valence-electron chi connectivity index (χ1n) is 8.11. The molecule has 0 unspecified atom stereocenters. The van der Waals surface area contributed by atoms with Crippen molar-refractivity contribution in [3.05, 3.63) is 70.2 Å². The number of rotatable bonds is 5. The predicted octanol–water partition coefficient (Wildman–Crippen LogP) is 4.00. The maximum absolute atomic E-state index is 6.09. The summed E-state index contributed by atoms with van der Waals surface area (Å²) in [6.45, 7) is 1.23. The molecule has 0 fully saturated rings. The van der Waals surface area contributed by atoms with Crippen LogP contribution in [0.1, 0.15) is 11.3 Å². The standard InChI is InChI=1S/C18H20Cl2N6.HI/c1-21-18(23-12-15-10-16(19)17(20)25(15)2)22-11-13-4-6-14(7-5-13)26-9-3-8-24-26;/h3-10H,11-12H2,1-2H3,(H2,21,22,23);1H. The minimum absolute atomic E-state index is 0. The van der Waals surface area contributed by atoms with E-state index in [2.05, 4.69) is 32.9 Å². The molecule has 144 valence electrons. The van der Waals surface area contributed by atoms with Gasteiger partial charge in [-0.1, -0.05) is 35.3 Å². The van der Waals surface area contributed by atoms with E-state index in [0.717, 1.165) is 16.9 Å². The van der Waals surface area contributed by atoms with Crippen molar-refractivity contribution in [1.82, 2.24) is 25.0 Å². The molecule has 0 radical (unpaired) electrons. The lowest BCUT2D eigenvalue weighted by atomic mass is 10.2. The van der Waals surface area contributed by atoms with E-state index in [1.54, 1.807) is 13.2 Å². The van der Waals surface area contributed by atoms with Crippen molar-refractivity contribution >= 4 is 53.1 Å². The SMILES string of the molecule is CN=C(NCc1ccc(-n2cccn2)cc1)NCc1cc(Cl)c(Cl)n1C.I. The lowest BCUT2D eigenvalue weighted by Gasteiger charge is -2.13. The van der Waals surface area contributed by atoms with E-state index in [9.17, 15) is 0 Å². The Kier molecular flexibility index (Phi) is 8.00. The maximum atomic E-state index is 6.09. The van der Waals surface area contributed by atoms with E-state index in [4.69, 9.17) is 23.2 Å². The zero-order valence-corrected chi connectivity index (χ0v) is 18.8. The van der Waals surface area contributed by atoms with Gasteiger partial charge >= 0.3 is 0 Å². The third-order valence-corrected chi connectivity index (χ3v) is 4.88. The minimum atomic E-state index is 0. The van der Waals surface area contributed by atoms with Gasteiger partial charge in [-0.15, -0.1) is 24.0 Å². The first-order valence-corrected chi connectivity index (χ1v) is 8.87. The van der Waals surface area contributed by atoms with E-state index >= 15 is 0 Å². The van der Waals surface area contributed by atoms with E-state index in [1.807, 2.05) is 46.8 Å². The van der Waals surface area contributed by atoms with Crippen LogP contribution in [0.4, 0.5) is 0 Å². The van der Waals surface area contributed by atoms with Crippen LogP contribution in [-0.4, -0.2) is 27.4 Å². The second-order valence-electron chi connectivity index (χ2n) is 5.73. The molecule has 3 aromatic rings. The second-order valence-corrected chi connectivity index (χ2v) is 6.50. The van der Waals surface area contributed by atoms with E-state index < -0.39 is 0 Å². The van der Waals surface area contributed by atoms with E-state index in [1.165, 1.54) is 0 Å². The van der Waals surface area contributed by atoms with Gasteiger partial charge in [0.15, 0.2) is 5.96 Å². The fourth-order valence-electron chi connectivity index (χ4n) is 2.53. The quantitative estimate of drug-likeness (QED) is 0.305. The molecule has 0 saturated heterocycles. The van der Waals surface area contributed by atoms with E-state index in [-0.39, 0.29) is 24.0 Å². The summed E-state index contributed by atoms with van der Waals surface area (Å²) in [5, 5.41) is 11.9. The largest absolute Gasteiger partial charge is 0.352 e. The van der Waals surface area contributed by atoms with Crippen LogP contribution in [0, 0.1) is 0 Å². The highest BCUT2D eigenvalue weighted by molar-refractivity contribution is 14.0. The normalized spacial score (nSPS) is 11.2. The number of nitrogens with one attached hydrogen (secondary N) is 2. The smallest absolute Gasteiger partial charge is 0.191 e. The predicted molar refractivity (Wildman–Crippen MR) is 121 cm³/mol. The Morgan fingerprint density at radius 3 is 2.41 bits per heavy atom. The number of hydrogen-bond donors (Lipinski definition) is 2. The molecule has 2 aromatic heterocycles. The summed E-state index contributed by atoms with van der Waals surface area (Å²) in [5.74, 6) is 0.703. The van der Waals surface area contributed by atoms with Crippen LogP contribution < -0.4 is 10.6 Å². The van der Waals surface area contributed by atoms with Crippen LogP contribution in [-0.2, 0) is 20.1 Å². The summed E-state index contributed by atoms with van der Waals surface area (Å²) in [4.78, 5) is 4.24. The summed E-state index contributed by atoms with van der Waals surface area (Å²) in [7, 11) is 3.61. The Morgan fingerprint density at radius 1 is 1.15 bits per heavy atom. The van der Waals surface area contributed by atoms with Gasteiger partial charge in [-0.3, -0.25) is 4.99 Å². The molecule has 27 heavy (non-hydrogen) atoms. The summed E-state index contributed by atoms with van der Waals surface area (Å²) < 4.78 is 3.67. The molecule has 0 bridgehead atoms. The van der Waals surface area contributed by atoms with Crippen molar-refractivity contribution in [3.8, 4) is 5.69 Å². The molecule has 2 N–H and O–H groups in total. The Balaban J connectivity index is 0.00000261. The van der Waals surface area contributed by atoms with Crippen LogP contribution in [0.5, 0.6) is 0 Å². The molecule has 1 aromatic carbocycles. The Hall–Kier alpha value is -1.71. The summed E-state index contributed by atoms with van der Waals surface area (Å²) in [6.07, 6.45) is 3.68. The average Bonchev–Trinajstić information content (AvgIpc) is 3.28. The summed E-state index contributed by atoms with van der Waals surface area (Å²) in [6, 6.07) is 11.9. The van der Waals surface area contributed by atoms with Gasteiger partial charge in [-0.25, -0.2) is 4.68 Å². The third kappa shape index (κ3) is 5.40. The van der Waals surface area contributed by atoms with Crippen molar-refractivity contribution in [3.63, 3.8) is 0 Å². The van der Waals surface area contributed by atoms with Crippen molar-refractivity contribution in [2.75, 3.05) is 7.05 Å². The lowest BCUT2D eigenvalue weighted by Crippen LogP contribution is -2.36. The van der Waals surface area contributed by atoms with Gasteiger partial charge in [-0.2, -0.15) is 5.10 Å². The summed E-state index contributed by atoms with van der Waals surface area (Å²) >= 11 is 12.1. The maximum Gasteiger partial charge on any atom is 0.191 e. The molecule has 2 heterocycles. The van der Waals surface area contributed by atoms with Gasteiger partial charge in [0, 0.05) is 38.7 Å². The first-order chi connectivity index (χ1) is 12.6. The molecule has 0 aliphatic rings. The van der Waals surface area contributed by atoms with Crippen LogP contribution in [0.25, 0.3) is 5.69 Å². The van der Waals surface area contributed by atoms with Crippen LogP contribution in [0.2, 0.25) is 10.2 Å². The van der Waals surface area contributed by atoms with Gasteiger partial charge in [0.2, 0.25) is 0 Å². The molecule has 6 nitrogen and oxygen atoms in total. The molecular weight excluding hydrogens is 498 g/mol. The third-order valence-electron chi connectivity index (χ3n) is 4.04. The van der Waals surface area contributed by atoms with Gasteiger partial charge in [0.1, 0.15) is 5.15 Å². The lowest BCUT2D eigenvalue weighted by molar-refractivity contribution is 0.750. The monoisotopic (exact) mass is 518 g/mol. The molecule has 3 rings (SSSR count). The second kappa shape index (κ2) is 10.0. The van der Waals surface area contributed by atoms with E-state index in [0.29, 0.717) is 29.2 Å². The Bertz CT molecular complexity index is 887. The zero-order chi connectivity index (χ0) is 18.5. The van der Waals surface area contributed by atoms with Gasteiger partial charge < -0.3 is 15.2 Å². The van der Waals surface area contributed by atoms with Crippen molar-refractivity contribution in [2.45, 2.75) is 13.1 Å². The molecule has 0 spiro atoms. The number of aromatic nitrogens is 3. The number of hydrogen-bond acceptors (Lipinski definition) is 2. The Morgan fingerprint density at radius 2 is 1.85 bits per heavy atom. The highest BCUT2D eigenvalue weighted by Crippen LogP contribution is 2.24. The molecule has 0 aliphatic heterocycles. The number of nitrogens with zero attached hydrogens (tertiary/aromatic N) is 4. The number of halogens is 3. The fourth-order valence-corrected chi connectivity index (χ4v) is 2.94. The first kappa shape index (κ1) is 21.6. The topological polar surface area (TPSA) is 59.2 Å². The molecule has 0 amide bonds. The van der Waals surface area contributed by atoms with Gasteiger partial charge in [0.25, 0.3) is 0 Å². The molecular formula is C18H21Cl2IN6. The molecule has 0 aliphatic carbocycles. The van der Waals surface area contributed by atoms with Crippen LogP contribution >= 0.6 is 47.2 Å². The molecule has 0 atom stereocenters. The highest BCUT2D eigenvalue weighted by Gasteiger charge is 2.09. The number of benzene rings is 1. The van der Waals surface area contributed by atoms with Crippen molar-refractivity contribution in [2.24, 2.45) is 12.0 Å². The molecule has 0 saturated carbocycles. The van der Waals surface area contributed by atoms with Gasteiger partial charge in [-0.05, 0) is 29.8 Å². The summed E-state index contributed by atoms with van der Waals surface area (Å²) in [5.41, 5.74) is 3.15. The van der Waals surface area contributed by atoms with Crippen LogP contribution in [0.15, 0.2) is 53.8 Å². The van der Waals surface area contributed by atoms with Gasteiger partial charge in [0.05, 0.1) is 17.3 Å². The number of guanidine groups is 1. The van der Waals surface area contributed by atoms with Crippen molar-refractivity contribution in [1.29, 1.82) is 0 Å². The minimum Gasteiger partial charge on any atom is -0.352 e.